The number of benzene rings is 3. The average Bonchev–Trinajstić information content (AvgIpc) is 3.53. The van der Waals surface area contributed by atoms with Gasteiger partial charge in [-0.05, 0) is 60.9 Å². The molecule has 1 N–H and O–H groups in total. The number of nitrogens with zero attached hydrogens (tertiary/aromatic N) is 2. The summed E-state index contributed by atoms with van der Waals surface area (Å²) in [6.07, 6.45) is 2.02. The molecule has 0 atom stereocenters. The van der Waals surface area contributed by atoms with Crippen LogP contribution in [0.5, 0.6) is 0 Å². The zero-order valence-corrected chi connectivity index (χ0v) is 21.5. The van der Waals surface area contributed by atoms with E-state index >= 15 is 0 Å². The maximum atomic E-state index is 13.1. The fourth-order valence-corrected chi connectivity index (χ4v) is 6.25. The third kappa shape index (κ3) is 5.19. The lowest BCUT2D eigenvalue weighted by Crippen LogP contribution is -2.29. The van der Waals surface area contributed by atoms with E-state index in [2.05, 4.69) is 33.4 Å². The molecule has 2 heterocycles. The van der Waals surface area contributed by atoms with Crippen molar-refractivity contribution in [2.75, 3.05) is 18.4 Å². The summed E-state index contributed by atoms with van der Waals surface area (Å²) in [6, 6.07) is 21.0. The number of hydrogen-bond acceptors (Lipinski definition) is 5. The number of hydrogen-bond donors (Lipinski definition) is 1. The van der Waals surface area contributed by atoms with Crippen molar-refractivity contribution in [2.45, 2.75) is 22.9 Å². The summed E-state index contributed by atoms with van der Waals surface area (Å²) >= 11 is 6.78. The highest BCUT2D eigenvalue weighted by atomic mass is 79.9. The number of aromatic nitrogens is 1. The molecule has 2 amide bonds. The van der Waals surface area contributed by atoms with Gasteiger partial charge in [0, 0.05) is 29.0 Å². The minimum atomic E-state index is -0.281. The Bertz CT molecular complexity index is 1350. The van der Waals surface area contributed by atoms with Gasteiger partial charge in [0.15, 0.2) is 4.34 Å². The van der Waals surface area contributed by atoms with E-state index in [4.69, 9.17) is 4.98 Å². The van der Waals surface area contributed by atoms with Crippen LogP contribution in [0.2, 0.25) is 0 Å². The van der Waals surface area contributed by atoms with Crippen LogP contribution in [-0.4, -0.2) is 34.8 Å². The normalized spacial score (nSPS) is 13.4. The highest BCUT2D eigenvalue weighted by Gasteiger charge is 2.24. The third-order valence-electron chi connectivity index (χ3n) is 5.70. The first-order valence-electron chi connectivity index (χ1n) is 11.0. The minimum Gasteiger partial charge on any atom is -0.339 e. The van der Waals surface area contributed by atoms with Crippen LogP contribution in [0, 0.1) is 0 Å². The second-order valence-electron chi connectivity index (χ2n) is 8.08. The SMILES string of the molecule is O=C(Nc1ccc2nc(SCc3ccc(Br)cc3)sc2c1)c1ccccc1C(=O)N1CCCC1. The molecule has 172 valence electrons. The Hall–Kier alpha value is -2.68. The van der Waals surface area contributed by atoms with Crippen LogP contribution in [-0.2, 0) is 5.75 Å². The minimum absolute atomic E-state index is 0.0754. The Balaban J connectivity index is 1.30. The molecule has 3 aromatic carbocycles. The molecule has 34 heavy (non-hydrogen) atoms. The highest BCUT2D eigenvalue weighted by Crippen LogP contribution is 2.33. The van der Waals surface area contributed by atoms with Gasteiger partial charge in [0.1, 0.15) is 0 Å². The Morgan fingerprint density at radius 1 is 1.00 bits per heavy atom. The number of rotatable bonds is 6. The fourth-order valence-electron chi connectivity index (χ4n) is 3.93. The van der Waals surface area contributed by atoms with Crippen LogP contribution in [0.4, 0.5) is 5.69 Å². The van der Waals surface area contributed by atoms with E-state index in [0.29, 0.717) is 16.8 Å². The van der Waals surface area contributed by atoms with Gasteiger partial charge in [-0.15, -0.1) is 11.3 Å². The van der Waals surface area contributed by atoms with E-state index in [1.807, 2.05) is 35.2 Å². The number of amides is 2. The largest absolute Gasteiger partial charge is 0.339 e. The van der Waals surface area contributed by atoms with Crippen molar-refractivity contribution in [1.82, 2.24) is 9.88 Å². The number of likely N-dealkylation sites (tertiary alicyclic amines) is 1. The first kappa shape index (κ1) is 23.1. The van der Waals surface area contributed by atoms with Gasteiger partial charge in [0.2, 0.25) is 0 Å². The topological polar surface area (TPSA) is 62.3 Å². The van der Waals surface area contributed by atoms with Crippen LogP contribution < -0.4 is 5.32 Å². The van der Waals surface area contributed by atoms with Gasteiger partial charge < -0.3 is 10.2 Å². The van der Waals surface area contributed by atoms with Crippen LogP contribution in [0.15, 0.2) is 75.5 Å². The molecular weight excluding hydrogens is 530 g/mol. The first-order chi connectivity index (χ1) is 16.6. The smallest absolute Gasteiger partial charge is 0.256 e. The maximum Gasteiger partial charge on any atom is 0.256 e. The van der Waals surface area contributed by atoms with Gasteiger partial charge in [-0.25, -0.2) is 4.98 Å². The van der Waals surface area contributed by atoms with Gasteiger partial charge in [0.25, 0.3) is 11.8 Å². The summed E-state index contributed by atoms with van der Waals surface area (Å²) in [5.41, 5.74) is 3.68. The van der Waals surface area contributed by atoms with Crippen molar-refractivity contribution in [2.24, 2.45) is 0 Å². The molecule has 1 fully saturated rings. The average molecular weight is 553 g/mol. The summed E-state index contributed by atoms with van der Waals surface area (Å²) in [5.74, 6) is 0.490. The Labute approximate surface area is 214 Å². The molecule has 0 saturated carbocycles. The zero-order valence-electron chi connectivity index (χ0n) is 18.3. The molecule has 1 aliphatic rings. The molecule has 0 aliphatic carbocycles. The molecule has 8 heteroatoms. The molecule has 4 aromatic rings. The lowest BCUT2D eigenvalue weighted by molar-refractivity contribution is 0.0787. The number of thiazole rings is 1. The fraction of sp³-hybridized carbons (Fsp3) is 0.192. The van der Waals surface area contributed by atoms with Crippen LogP contribution in [0.25, 0.3) is 10.2 Å². The quantitative estimate of drug-likeness (QED) is 0.266. The van der Waals surface area contributed by atoms with Gasteiger partial charge in [-0.1, -0.05) is 52.0 Å². The number of carbonyl (C=O) groups is 2. The maximum absolute atomic E-state index is 13.1. The number of nitrogens with one attached hydrogen (secondary N) is 1. The molecule has 0 unspecified atom stereocenters. The molecule has 0 radical (unpaired) electrons. The Morgan fingerprint density at radius 2 is 1.74 bits per heavy atom. The second-order valence-corrected chi connectivity index (χ2v) is 11.2. The monoisotopic (exact) mass is 551 g/mol. The summed E-state index contributed by atoms with van der Waals surface area (Å²) in [7, 11) is 0. The van der Waals surface area contributed by atoms with Gasteiger partial charge in [-0.3, -0.25) is 9.59 Å². The lowest BCUT2D eigenvalue weighted by atomic mass is 10.1. The first-order valence-corrected chi connectivity index (χ1v) is 13.6. The van der Waals surface area contributed by atoms with E-state index in [9.17, 15) is 9.59 Å². The van der Waals surface area contributed by atoms with E-state index < -0.39 is 0 Å². The molecule has 1 aromatic heterocycles. The van der Waals surface area contributed by atoms with Crippen LogP contribution >= 0.6 is 39.0 Å². The summed E-state index contributed by atoms with van der Waals surface area (Å²) in [4.78, 5) is 32.5. The highest BCUT2D eigenvalue weighted by molar-refractivity contribution is 9.10. The van der Waals surface area contributed by atoms with E-state index in [1.165, 1.54) is 5.56 Å². The number of anilines is 1. The lowest BCUT2D eigenvalue weighted by Gasteiger charge is -2.17. The van der Waals surface area contributed by atoms with Crippen molar-refractivity contribution in [3.05, 3.63) is 87.9 Å². The second kappa shape index (κ2) is 10.3. The summed E-state index contributed by atoms with van der Waals surface area (Å²) < 4.78 is 3.07. The zero-order chi connectivity index (χ0) is 23.5. The summed E-state index contributed by atoms with van der Waals surface area (Å²) in [5, 5.41) is 2.97. The standard InChI is InChI=1S/C26H22BrN3O2S2/c27-18-9-7-17(8-10-18)16-33-26-29-22-12-11-19(15-23(22)34-26)28-24(31)20-5-1-2-6-21(20)25(32)30-13-3-4-14-30/h1-2,5-12,15H,3-4,13-14,16H2,(H,28,31). The Kier molecular flexibility index (Phi) is 6.99. The molecule has 0 bridgehead atoms. The summed E-state index contributed by atoms with van der Waals surface area (Å²) in [6.45, 7) is 1.50. The number of carbonyl (C=O) groups excluding carboxylic acids is 2. The van der Waals surface area contributed by atoms with Crippen molar-refractivity contribution < 1.29 is 9.59 Å². The molecule has 1 aliphatic heterocycles. The number of halogens is 1. The molecule has 0 spiro atoms. The predicted molar refractivity (Wildman–Crippen MR) is 143 cm³/mol. The van der Waals surface area contributed by atoms with Crippen LogP contribution in [0.3, 0.4) is 0 Å². The molecule has 5 rings (SSSR count). The van der Waals surface area contributed by atoms with E-state index in [1.54, 1.807) is 47.4 Å². The molecule has 5 nitrogen and oxygen atoms in total. The molecule has 1 saturated heterocycles. The van der Waals surface area contributed by atoms with Crippen LogP contribution in [0.1, 0.15) is 39.1 Å². The van der Waals surface area contributed by atoms with Crippen molar-refractivity contribution in [1.29, 1.82) is 0 Å². The number of fused-ring (bicyclic) bond motifs is 1. The predicted octanol–water partition coefficient (Wildman–Crippen LogP) is 6.84. The molecular formula is C26H22BrN3O2S2. The van der Waals surface area contributed by atoms with Crippen molar-refractivity contribution >= 4 is 66.7 Å². The van der Waals surface area contributed by atoms with Crippen molar-refractivity contribution in [3.63, 3.8) is 0 Å². The van der Waals surface area contributed by atoms with Gasteiger partial charge in [0.05, 0.1) is 21.3 Å². The van der Waals surface area contributed by atoms with Gasteiger partial charge >= 0.3 is 0 Å². The van der Waals surface area contributed by atoms with Gasteiger partial charge in [-0.2, -0.15) is 0 Å². The third-order valence-corrected chi connectivity index (χ3v) is 8.46. The van der Waals surface area contributed by atoms with Crippen molar-refractivity contribution in [3.8, 4) is 0 Å². The number of thioether (sulfide) groups is 1. The van der Waals surface area contributed by atoms with E-state index in [-0.39, 0.29) is 11.8 Å². The van der Waals surface area contributed by atoms with E-state index in [0.717, 1.165) is 50.7 Å². The Morgan fingerprint density at radius 3 is 2.50 bits per heavy atom.